The Bertz CT molecular complexity index is 2340. The number of hydrogen-bond donors (Lipinski definition) is 4. The first-order valence-corrected chi connectivity index (χ1v) is 21.1. The molecular weight excluding hydrogens is 781 g/mol. The standard InChI is InChI=1S/C45H52N8O8/c1-26(2)33-21-34(39(55)22-38(33)54)41-49-48-27(3)53(41)31-9-7-28(8-10-31)23-50-17-15-30(16-18-50)43(58)51-19-13-29(14-20-51)25-61-45(60)46-36-6-4-5-32-35(36)24-52(44(32)59)37-11-12-40(56)47-42(37)57/h4-10,21-22,26,29-30,37,54-55H,11-20,23-25H2,1-3H3,(H,46,60)(H,47,56,57). The maximum atomic E-state index is 13.6. The van der Waals surface area contributed by atoms with Gasteiger partial charge in [0.05, 0.1) is 12.2 Å². The first-order valence-electron chi connectivity index (χ1n) is 21.1. The third-order valence-corrected chi connectivity index (χ3v) is 12.6. The van der Waals surface area contributed by atoms with Gasteiger partial charge in [-0.2, -0.15) is 0 Å². The molecule has 4 aliphatic heterocycles. The van der Waals surface area contributed by atoms with Gasteiger partial charge in [-0.15, -0.1) is 10.2 Å². The van der Waals surface area contributed by atoms with E-state index in [1.54, 1.807) is 24.3 Å². The summed E-state index contributed by atoms with van der Waals surface area (Å²) >= 11 is 0. The molecule has 1 atom stereocenters. The van der Waals surface area contributed by atoms with Gasteiger partial charge in [-0.1, -0.05) is 32.0 Å². The van der Waals surface area contributed by atoms with Crippen molar-refractivity contribution >= 4 is 35.4 Å². The zero-order valence-electron chi connectivity index (χ0n) is 34.7. The lowest BCUT2D eigenvalue weighted by molar-refractivity contribution is -0.139. The van der Waals surface area contributed by atoms with E-state index >= 15 is 0 Å². The zero-order valence-corrected chi connectivity index (χ0v) is 34.7. The highest BCUT2D eigenvalue weighted by Crippen LogP contribution is 2.38. The highest BCUT2D eigenvalue weighted by atomic mass is 16.5. The van der Waals surface area contributed by atoms with Crippen LogP contribution in [0.2, 0.25) is 0 Å². The fraction of sp³-hybridized carbons (Fsp3) is 0.444. The van der Waals surface area contributed by atoms with Gasteiger partial charge >= 0.3 is 6.09 Å². The first-order chi connectivity index (χ1) is 29.3. The Balaban J connectivity index is 0.776. The van der Waals surface area contributed by atoms with Crippen LogP contribution >= 0.6 is 0 Å². The molecule has 3 saturated heterocycles. The van der Waals surface area contributed by atoms with Crippen molar-refractivity contribution in [3.63, 3.8) is 0 Å². The normalized spacial score (nSPS) is 19.0. The van der Waals surface area contributed by atoms with Crippen molar-refractivity contribution in [3.05, 3.63) is 82.7 Å². The van der Waals surface area contributed by atoms with Crippen LogP contribution in [-0.2, 0) is 32.2 Å². The highest BCUT2D eigenvalue weighted by molar-refractivity contribution is 6.06. The number of nitrogens with zero attached hydrogens (tertiary/aromatic N) is 6. The summed E-state index contributed by atoms with van der Waals surface area (Å²) in [4.78, 5) is 69.4. The zero-order chi connectivity index (χ0) is 42.9. The van der Waals surface area contributed by atoms with Crippen LogP contribution in [0.4, 0.5) is 10.5 Å². The van der Waals surface area contributed by atoms with Crippen molar-refractivity contribution < 1.29 is 38.9 Å². The fourth-order valence-electron chi connectivity index (χ4n) is 9.05. The van der Waals surface area contributed by atoms with Crippen molar-refractivity contribution in [1.82, 2.24) is 34.8 Å². The lowest BCUT2D eigenvalue weighted by atomic mass is 9.92. The highest BCUT2D eigenvalue weighted by Gasteiger charge is 2.40. The molecule has 3 aromatic carbocycles. The number of anilines is 1. The van der Waals surface area contributed by atoms with Gasteiger partial charge in [-0.25, -0.2) is 4.79 Å². The first kappa shape index (κ1) is 41.4. The van der Waals surface area contributed by atoms with Gasteiger partial charge in [-0.05, 0) is 105 Å². The molecule has 0 saturated carbocycles. The Morgan fingerprint density at radius 1 is 0.902 bits per heavy atom. The van der Waals surface area contributed by atoms with Crippen molar-refractivity contribution in [3.8, 4) is 28.6 Å². The van der Waals surface area contributed by atoms with Crippen molar-refractivity contribution in [1.29, 1.82) is 0 Å². The second-order valence-corrected chi connectivity index (χ2v) is 16.9. The summed E-state index contributed by atoms with van der Waals surface area (Å²) in [6.45, 7) is 9.80. The lowest BCUT2D eigenvalue weighted by Crippen LogP contribution is -2.52. The quantitative estimate of drug-likeness (QED) is 0.153. The molecule has 1 unspecified atom stereocenters. The Morgan fingerprint density at radius 2 is 1.64 bits per heavy atom. The molecule has 0 spiro atoms. The van der Waals surface area contributed by atoms with Crippen LogP contribution in [0.1, 0.15) is 91.2 Å². The molecule has 4 aromatic rings. The monoisotopic (exact) mass is 832 g/mol. The number of likely N-dealkylation sites (tertiary alicyclic amines) is 2. The molecule has 16 heteroatoms. The molecule has 1 aromatic heterocycles. The number of amides is 5. The lowest BCUT2D eigenvalue weighted by Gasteiger charge is -2.37. The number of ether oxygens (including phenoxy) is 1. The number of phenols is 2. The number of rotatable bonds is 10. The number of phenolic OH excluding ortho intramolecular Hbond substituents is 2. The fourth-order valence-corrected chi connectivity index (χ4v) is 9.05. The number of nitrogens with one attached hydrogen (secondary N) is 2. The number of aromatic nitrogens is 3. The molecule has 0 aliphatic carbocycles. The predicted octanol–water partition coefficient (Wildman–Crippen LogP) is 5.24. The summed E-state index contributed by atoms with van der Waals surface area (Å²) in [6.07, 6.45) is 2.82. The Kier molecular flexibility index (Phi) is 11.8. The molecule has 0 radical (unpaired) electrons. The third-order valence-electron chi connectivity index (χ3n) is 12.6. The van der Waals surface area contributed by atoms with E-state index in [-0.39, 0.29) is 73.0 Å². The third kappa shape index (κ3) is 8.67. The summed E-state index contributed by atoms with van der Waals surface area (Å²) in [6, 6.07) is 15.6. The molecule has 8 rings (SSSR count). The minimum atomic E-state index is -0.748. The van der Waals surface area contributed by atoms with E-state index < -0.39 is 18.0 Å². The van der Waals surface area contributed by atoms with Gasteiger partial charge in [0.2, 0.25) is 17.7 Å². The summed E-state index contributed by atoms with van der Waals surface area (Å²) < 4.78 is 7.50. The number of aryl methyl sites for hydroxylation is 1. The van der Waals surface area contributed by atoms with Crippen LogP contribution in [0, 0.1) is 18.8 Å². The van der Waals surface area contributed by atoms with E-state index in [1.807, 2.05) is 42.4 Å². The molecule has 61 heavy (non-hydrogen) atoms. The van der Waals surface area contributed by atoms with E-state index in [0.29, 0.717) is 52.7 Å². The molecule has 4 aliphatic rings. The average Bonchev–Trinajstić information content (AvgIpc) is 3.79. The van der Waals surface area contributed by atoms with Crippen LogP contribution in [0.5, 0.6) is 11.5 Å². The second kappa shape index (κ2) is 17.4. The van der Waals surface area contributed by atoms with E-state index in [2.05, 4.69) is 37.9 Å². The van der Waals surface area contributed by atoms with E-state index in [1.165, 1.54) is 11.0 Å². The molecule has 3 fully saturated rings. The van der Waals surface area contributed by atoms with Gasteiger partial charge in [-0.3, -0.25) is 39.3 Å². The van der Waals surface area contributed by atoms with Crippen molar-refractivity contribution in [2.24, 2.45) is 11.8 Å². The number of fused-ring (bicyclic) bond motifs is 1. The molecule has 5 heterocycles. The van der Waals surface area contributed by atoms with Gasteiger partial charge in [0.1, 0.15) is 23.4 Å². The Labute approximate surface area is 353 Å². The van der Waals surface area contributed by atoms with Crippen molar-refractivity contribution in [2.75, 3.05) is 38.1 Å². The number of hydrogen-bond acceptors (Lipinski definition) is 11. The number of benzene rings is 3. The number of piperidine rings is 3. The second-order valence-electron chi connectivity index (χ2n) is 16.9. The van der Waals surface area contributed by atoms with Crippen LogP contribution in [-0.4, -0.2) is 108 Å². The van der Waals surface area contributed by atoms with Crippen molar-refractivity contribution in [2.45, 2.75) is 84.3 Å². The number of imide groups is 1. The van der Waals surface area contributed by atoms with Gasteiger partial charge in [0.15, 0.2) is 5.82 Å². The molecule has 320 valence electrons. The summed E-state index contributed by atoms with van der Waals surface area (Å²) in [5.41, 5.74) is 4.67. The summed E-state index contributed by atoms with van der Waals surface area (Å²) in [5.74, 6) is 0.322. The molecule has 5 amide bonds. The van der Waals surface area contributed by atoms with E-state index in [0.717, 1.165) is 56.6 Å². The molecule has 4 N–H and O–H groups in total. The number of carbonyl (C=O) groups is 5. The average molecular weight is 833 g/mol. The number of aromatic hydroxyl groups is 2. The summed E-state index contributed by atoms with van der Waals surface area (Å²) in [7, 11) is 0. The van der Waals surface area contributed by atoms with Crippen LogP contribution < -0.4 is 10.6 Å². The van der Waals surface area contributed by atoms with Gasteiger partial charge < -0.3 is 24.7 Å². The largest absolute Gasteiger partial charge is 0.508 e. The van der Waals surface area contributed by atoms with Gasteiger partial charge in [0, 0.05) is 67.1 Å². The molecular formula is C45H52N8O8. The van der Waals surface area contributed by atoms with Crippen LogP contribution in [0.15, 0.2) is 54.6 Å². The van der Waals surface area contributed by atoms with E-state index in [4.69, 9.17) is 4.74 Å². The van der Waals surface area contributed by atoms with Crippen LogP contribution in [0.25, 0.3) is 17.1 Å². The SMILES string of the molecule is Cc1nnc(-c2cc(C(C)C)c(O)cc2O)n1-c1ccc(CN2CCC(C(=O)N3CCC(COC(=O)Nc4cccc5c4CN(C4CCC(=O)NC4=O)C5=O)CC3)CC2)cc1. The van der Waals surface area contributed by atoms with Crippen LogP contribution in [0.3, 0.4) is 0 Å². The minimum Gasteiger partial charge on any atom is -0.508 e. The molecule has 0 bridgehead atoms. The minimum absolute atomic E-state index is 0.0229. The maximum absolute atomic E-state index is 13.6. The predicted molar refractivity (Wildman–Crippen MR) is 224 cm³/mol. The Morgan fingerprint density at radius 3 is 2.34 bits per heavy atom. The van der Waals surface area contributed by atoms with Gasteiger partial charge in [0.25, 0.3) is 5.91 Å². The van der Waals surface area contributed by atoms with E-state index in [9.17, 15) is 34.2 Å². The molecule has 16 nitrogen and oxygen atoms in total. The topological polar surface area (TPSA) is 200 Å². The summed E-state index contributed by atoms with van der Waals surface area (Å²) in [5, 5.41) is 34.8. The number of carbonyl (C=O) groups excluding carboxylic acids is 5. The maximum Gasteiger partial charge on any atom is 0.411 e. The Hall–Kier alpha value is -6.29. The smallest absolute Gasteiger partial charge is 0.411 e.